The summed E-state index contributed by atoms with van der Waals surface area (Å²) in [5.74, 6) is -0.449. The van der Waals surface area contributed by atoms with Gasteiger partial charge in [-0.15, -0.1) is 11.6 Å². The van der Waals surface area contributed by atoms with Crippen molar-refractivity contribution < 1.29 is 34.3 Å². The first-order valence-corrected chi connectivity index (χ1v) is 6.24. The Balaban J connectivity index is 4.19. The van der Waals surface area contributed by atoms with Crippen LogP contribution in [0.2, 0.25) is 0 Å². The van der Waals surface area contributed by atoms with E-state index in [1.165, 1.54) is 0 Å². The minimum Gasteiger partial charge on any atom is -0.264 e. The molecule has 14 heavy (non-hydrogen) atoms. The van der Waals surface area contributed by atoms with E-state index < -0.39 is 39.4 Å². The molecule has 0 fully saturated rings. The molecule has 11 heteroatoms. The summed E-state index contributed by atoms with van der Waals surface area (Å²) in [6, 6.07) is 0. The van der Waals surface area contributed by atoms with E-state index in [4.69, 9.17) is 20.7 Å². The monoisotopic (exact) mass is 270 g/mol. The third kappa shape index (κ3) is 8.62. The molecule has 0 bridgehead atoms. The highest BCUT2D eigenvalue weighted by molar-refractivity contribution is 7.81. The Morgan fingerprint density at radius 2 is 1.64 bits per heavy atom. The van der Waals surface area contributed by atoms with Gasteiger partial charge in [0, 0.05) is 0 Å². The van der Waals surface area contributed by atoms with Crippen molar-refractivity contribution in [1.82, 2.24) is 0 Å². The van der Waals surface area contributed by atoms with E-state index in [0.717, 1.165) is 0 Å². The molecule has 0 saturated carbocycles. The van der Waals surface area contributed by atoms with Crippen molar-refractivity contribution in [3.05, 3.63) is 0 Å². The molecule has 8 nitrogen and oxygen atoms in total. The van der Waals surface area contributed by atoms with Crippen LogP contribution in [-0.4, -0.2) is 44.5 Å². The smallest absolute Gasteiger partial charge is 0.264 e. The van der Waals surface area contributed by atoms with Gasteiger partial charge in [-0.25, -0.2) is 8.37 Å². The second-order valence-electron chi connectivity index (χ2n) is 2.01. The molecule has 1 atom stereocenters. The maximum Gasteiger partial charge on any atom is 0.397 e. The highest BCUT2D eigenvalue weighted by atomic mass is 35.5. The molecule has 0 heterocycles. The Labute approximate surface area is 85.7 Å². The Bertz CT molecular complexity index is 356. The molecule has 0 spiro atoms. The summed E-state index contributed by atoms with van der Waals surface area (Å²) in [5, 5.41) is 0. The van der Waals surface area contributed by atoms with Crippen molar-refractivity contribution in [2.24, 2.45) is 0 Å². The fourth-order valence-corrected chi connectivity index (χ4v) is 1.45. The average Bonchev–Trinajstić information content (AvgIpc) is 1.94. The van der Waals surface area contributed by atoms with E-state index in [0.29, 0.717) is 0 Å². The highest BCUT2D eigenvalue weighted by Crippen LogP contribution is 2.02. The number of hydrogen-bond acceptors (Lipinski definition) is 6. The minimum absolute atomic E-state index is 0.449. The summed E-state index contributed by atoms with van der Waals surface area (Å²) in [4.78, 5) is 0. The van der Waals surface area contributed by atoms with Gasteiger partial charge in [0.05, 0.1) is 12.5 Å². The second-order valence-corrected chi connectivity index (χ2v) is 4.46. The Hall–Kier alpha value is 0.0300. The standard InChI is InChI=1S/C3H7ClO8S2/c4-1-3(12-14(8,9)10)2-11-13(5,6)7/h3H,1-2H2,(H,5,6,7)(H,8,9,10). The Morgan fingerprint density at radius 3 is 1.93 bits per heavy atom. The molecule has 0 aromatic carbocycles. The molecule has 0 amide bonds. The molecular weight excluding hydrogens is 264 g/mol. The van der Waals surface area contributed by atoms with Gasteiger partial charge in [0.2, 0.25) is 0 Å². The number of hydrogen-bond donors (Lipinski definition) is 2. The molecule has 0 radical (unpaired) electrons. The van der Waals surface area contributed by atoms with Gasteiger partial charge in [-0.05, 0) is 0 Å². The predicted molar refractivity (Wildman–Crippen MR) is 44.6 cm³/mol. The molecule has 0 aliphatic carbocycles. The molecule has 0 saturated heterocycles. The van der Waals surface area contributed by atoms with Crippen LogP contribution < -0.4 is 0 Å². The van der Waals surface area contributed by atoms with E-state index in [1.54, 1.807) is 0 Å². The lowest BCUT2D eigenvalue weighted by molar-refractivity contribution is 0.129. The predicted octanol–water partition coefficient (Wildman–Crippen LogP) is -0.767. The molecule has 0 aliphatic heterocycles. The second kappa shape index (κ2) is 5.21. The fraction of sp³-hybridized carbons (Fsp3) is 1.00. The third-order valence-electron chi connectivity index (χ3n) is 0.833. The lowest BCUT2D eigenvalue weighted by atomic mass is 10.4. The molecule has 0 aromatic rings. The van der Waals surface area contributed by atoms with Crippen LogP contribution in [-0.2, 0) is 29.2 Å². The molecule has 2 N–H and O–H groups in total. The first-order chi connectivity index (χ1) is 6.14. The van der Waals surface area contributed by atoms with Crippen LogP contribution in [0, 0.1) is 0 Å². The Morgan fingerprint density at radius 1 is 1.14 bits per heavy atom. The maximum absolute atomic E-state index is 10.1. The summed E-state index contributed by atoms with van der Waals surface area (Å²) in [5.41, 5.74) is 0. The van der Waals surface area contributed by atoms with Crippen LogP contribution in [0.5, 0.6) is 0 Å². The van der Waals surface area contributed by atoms with Gasteiger partial charge in [0.25, 0.3) is 0 Å². The van der Waals surface area contributed by atoms with Crippen molar-refractivity contribution in [3.8, 4) is 0 Å². The number of rotatable bonds is 6. The van der Waals surface area contributed by atoms with Crippen LogP contribution in [0.3, 0.4) is 0 Å². The Kier molecular flexibility index (Phi) is 5.22. The van der Waals surface area contributed by atoms with E-state index in [-0.39, 0.29) is 0 Å². The van der Waals surface area contributed by atoms with Crippen molar-refractivity contribution in [2.75, 3.05) is 12.5 Å². The number of alkyl halides is 1. The van der Waals surface area contributed by atoms with Crippen LogP contribution >= 0.6 is 11.6 Å². The van der Waals surface area contributed by atoms with Crippen molar-refractivity contribution in [3.63, 3.8) is 0 Å². The normalized spacial score (nSPS) is 15.4. The van der Waals surface area contributed by atoms with Crippen LogP contribution in [0.1, 0.15) is 0 Å². The number of halogens is 1. The van der Waals surface area contributed by atoms with Gasteiger partial charge in [-0.1, -0.05) is 0 Å². The van der Waals surface area contributed by atoms with Gasteiger partial charge >= 0.3 is 20.8 Å². The zero-order chi connectivity index (χ0) is 11.4. The van der Waals surface area contributed by atoms with Crippen molar-refractivity contribution >= 4 is 32.4 Å². The third-order valence-corrected chi connectivity index (χ3v) is 2.13. The van der Waals surface area contributed by atoms with Gasteiger partial charge in [0.15, 0.2) is 0 Å². The summed E-state index contributed by atoms with van der Waals surface area (Å²) in [6.45, 7) is -0.831. The molecule has 0 aromatic heterocycles. The van der Waals surface area contributed by atoms with Gasteiger partial charge in [-0.2, -0.15) is 16.8 Å². The first kappa shape index (κ1) is 14.0. The summed E-state index contributed by atoms with van der Waals surface area (Å²) in [6.07, 6.45) is -1.41. The van der Waals surface area contributed by atoms with Gasteiger partial charge in [-0.3, -0.25) is 9.11 Å². The van der Waals surface area contributed by atoms with Crippen LogP contribution in [0.4, 0.5) is 0 Å². The summed E-state index contributed by atoms with van der Waals surface area (Å²) >= 11 is 5.15. The molecule has 0 aliphatic rings. The van der Waals surface area contributed by atoms with E-state index in [2.05, 4.69) is 8.37 Å². The van der Waals surface area contributed by atoms with Crippen molar-refractivity contribution in [1.29, 1.82) is 0 Å². The van der Waals surface area contributed by atoms with Gasteiger partial charge < -0.3 is 0 Å². The summed E-state index contributed by atoms with van der Waals surface area (Å²) in [7, 11) is -9.44. The van der Waals surface area contributed by atoms with Crippen LogP contribution in [0.15, 0.2) is 0 Å². The quantitative estimate of drug-likeness (QED) is 0.476. The van der Waals surface area contributed by atoms with Crippen LogP contribution in [0.25, 0.3) is 0 Å². The molecular formula is C3H7ClO8S2. The zero-order valence-corrected chi connectivity index (χ0v) is 8.92. The summed E-state index contributed by atoms with van der Waals surface area (Å²) < 4.78 is 64.3. The lowest BCUT2D eigenvalue weighted by Gasteiger charge is -2.10. The maximum atomic E-state index is 10.1. The minimum atomic E-state index is -4.74. The van der Waals surface area contributed by atoms with E-state index in [9.17, 15) is 16.8 Å². The first-order valence-electron chi connectivity index (χ1n) is 2.97. The molecule has 1 unspecified atom stereocenters. The lowest BCUT2D eigenvalue weighted by Crippen LogP contribution is -2.26. The largest absolute Gasteiger partial charge is 0.397 e. The fourth-order valence-electron chi connectivity index (χ4n) is 0.432. The van der Waals surface area contributed by atoms with Crippen molar-refractivity contribution in [2.45, 2.75) is 6.10 Å². The SMILES string of the molecule is O=S(=O)(O)OCC(CCl)OS(=O)(=O)O. The van der Waals surface area contributed by atoms with Gasteiger partial charge in [0.1, 0.15) is 6.10 Å². The average molecular weight is 271 g/mol. The highest BCUT2D eigenvalue weighted by Gasteiger charge is 2.19. The topological polar surface area (TPSA) is 127 Å². The van der Waals surface area contributed by atoms with E-state index in [1.807, 2.05) is 0 Å². The van der Waals surface area contributed by atoms with E-state index >= 15 is 0 Å². The molecule has 0 rings (SSSR count). The zero-order valence-electron chi connectivity index (χ0n) is 6.53. The molecule has 86 valence electrons.